The number of benzene rings is 3. The Hall–Kier alpha value is -4.95. The molecule has 13 heteroatoms. The average molecular weight is 640 g/mol. The van der Waals surface area contributed by atoms with Crippen LogP contribution in [0.1, 0.15) is 29.8 Å². The van der Waals surface area contributed by atoms with Gasteiger partial charge >= 0.3 is 0 Å². The maximum atomic E-state index is 11.3. The van der Waals surface area contributed by atoms with Crippen molar-refractivity contribution >= 4 is 22.8 Å². The van der Waals surface area contributed by atoms with E-state index in [-0.39, 0.29) is 6.61 Å². The minimum absolute atomic E-state index is 0.0964. The second-order valence-electron chi connectivity index (χ2n) is 11.3. The molecule has 0 aliphatic carbocycles. The highest BCUT2D eigenvalue weighted by molar-refractivity contribution is 5.87. The van der Waals surface area contributed by atoms with Crippen molar-refractivity contribution < 1.29 is 29.2 Å². The van der Waals surface area contributed by atoms with Gasteiger partial charge in [-0.2, -0.15) is 4.68 Å². The smallest absolute Gasteiger partial charge is 0.187 e. The van der Waals surface area contributed by atoms with Gasteiger partial charge in [-0.05, 0) is 47.9 Å². The van der Waals surface area contributed by atoms with Gasteiger partial charge in [0.2, 0.25) is 0 Å². The molecule has 2 N–H and O–H groups in total. The standard InChI is InChI=1S/C34H37N7O6/c1-21(40(2)3)37-31-28-32(36-20-35-31)41(39-38-28)33-30(43)29(42)27(47-33)19-46-34(22-9-7-6-8-10-22,23-11-15-25(44-4)16-12-23)24-13-17-26(45-5)18-14-24/h6-18,20,27,29-30,33,42-43H,19H2,1-5H3/b37-21+/t27-,29-,30-,33-/m1/s1. The molecule has 2 aromatic heterocycles. The van der Waals surface area contributed by atoms with Gasteiger partial charge in [0.1, 0.15) is 47.6 Å². The van der Waals surface area contributed by atoms with E-state index in [1.165, 1.54) is 11.0 Å². The summed E-state index contributed by atoms with van der Waals surface area (Å²) in [4.78, 5) is 15.0. The number of aliphatic hydroxyl groups is 2. The van der Waals surface area contributed by atoms with Gasteiger partial charge in [0.15, 0.2) is 23.2 Å². The zero-order chi connectivity index (χ0) is 33.1. The molecule has 1 aliphatic rings. The summed E-state index contributed by atoms with van der Waals surface area (Å²) in [6, 6.07) is 25.0. The number of fused-ring (bicyclic) bond motifs is 1. The van der Waals surface area contributed by atoms with Gasteiger partial charge in [-0.25, -0.2) is 15.0 Å². The lowest BCUT2D eigenvalue weighted by molar-refractivity contribution is -0.0969. The number of aromatic nitrogens is 5. The molecule has 1 saturated heterocycles. The Bertz CT molecular complexity index is 1780. The number of ether oxygens (including phenoxy) is 4. The summed E-state index contributed by atoms with van der Waals surface area (Å²) in [6.45, 7) is 1.75. The van der Waals surface area contributed by atoms with Crippen molar-refractivity contribution in [3.05, 3.63) is 102 Å². The van der Waals surface area contributed by atoms with Crippen LogP contribution >= 0.6 is 0 Å². The quantitative estimate of drug-likeness (QED) is 0.131. The second kappa shape index (κ2) is 13.4. The zero-order valence-electron chi connectivity index (χ0n) is 26.8. The minimum atomic E-state index is -1.35. The van der Waals surface area contributed by atoms with Gasteiger partial charge in [0.25, 0.3) is 0 Å². The fourth-order valence-corrected chi connectivity index (χ4v) is 5.61. The highest BCUT2D eigenvalue weighted by Gasteiger charge is 2.47. The van der Waals surface area contributed by atoms with Crippen LogP contribution in [0.15, 0.2) is 90.2 Å². The van der Waals surface area contributed by atoms with Crippen LogP contribution in [-0.4, -0.2) is 99.1 Å². The van der Waals surface area contributed by atoms with Crippen LogP contribution in [0, 0.1) is 0 Å². The first-order valence-corrected chi connectivity index (χ1v) is 15.1. The van der Waals surface area contributed by atoms with Crippen molar-refractivity contribution in [3.8, 4) is 11.5 Å². The molecule has 6 rings (SSSR count). The topological polar surface area (TPSA) is 149 Å². The molecule has 244 valence electrons. The first kappa shape index (κ1) is 32.0. The van der Waals surface area contributed by atoms with Crippen LogP contribution in [0.5, 0.6) is 11.5 Å². The van der Waals surface area contributed by atoms with E-state index in [1.54, 1.807) is 14.2 Å². The summed E-state index contributed by atoms with van der Waals surface area (Å²) < 4.78 is 25.4. The molecule has 0 unspecified atom stereocenters. The van der Waals surface area contributed by atoms with Crippen molar-refractivity contribution in [2.24, 2.45) is 4.99 Å². The monoisotopic (exact) mass is 639 g/mol. The Morgan fingerprint density at radius 1 is 0.872 bits per heavy atom. The molecule has 0 saturated carbocycles. The van der Waals surface area contributed by atoms with Crippen molar-refractivity contribution in [1.82, 2.24) is 29.9 Å². The van der Waals surface area contributed by atoms with Gasteiger partial charge in [0, 0.05) is 14.1 Å². The molecule has 1 aliphatic heterocycles. The maximum absolute atomic E-state index is 11.3. The highest BCUT2D eigenvalue weighted by Crippen LogP contribution is 2.43. The summed E-state index contributed by atoms with van der Waals surface area (Å²) in [5, 5.41) is 30.9. The molecule has 3 aromatic carbocycles. The highest BCUT2D eigenvalue weighted by atomic mass is 16.6. The number of aliphatic imine (C=N–C) groups is 1. The van der Waals surface area contributed by atoms with Crippen LogP contribution in [0.25, 0.3) is 11.2 Å². The lowest BCUT2D eigenvalue weighted by Gasteiger charge is -2.37. The number of hydrogen-bond acceptors (Lipinski definition) is 11. The van der Waals surface area contributed by atoms with E-state index in [4.69, 9.17) is 18.9 Å². The van der Waals surface area contributed by atoms with E-state index < -0.39 is 30.1 Å². The summed E-state index contributed by atoms with van der Waals surface area (Å²) in [5.74, 6) is 2.42. The fraction of sp³-hybridized carbons (Fsp3) is 0.324. The van der Waals surface area contributed by atoms with Crippen molar-refractivity contribution in [2.75, 3.05) is 34.9 Å². The third-order valence-corrected chi connectivity index (χ3v) is 8.37. The SMILES string of the molecule is COc1ccc(C(OC[C@H]2O[C@@H](n3nnc4c(/N=C(\C)N(C)C)ncnc43)[C@H](O)[C@@H]2O)(c2ccccc2)c2ccc(OC)cc2)cc1. The number of amidine groups is 1. The number of rotatable bonds is 10. The average Bonchev–Trinajstić information content (AvgIpc) is 3.66. The summed E-state index contributed by atoms with van der Waals surface area (Å²) in [5.41, 5.74) is 1.98. The van der Waals surface area contributed by atoms with Crippen LogP contribution in [0.4, 0.5) is 5.82 Å². The van der Waals surface area contributed by atoms with Crippen molar-refractivity contribution in [3.63, 3.8) is 0 Å². The Morgan fingerprint density at radius 2 is 1.47 bits per heavy atom. The van der Waals surface area contributed by atoms with E-state index in [0.29, 0.717) is 34.3 Å². The normalized spacial score (nSPS) is 20.0. The van der Waals surface area contributed by atoms with Crippen molar-refractivity contribution in [1.29, 1.82) is 0 Å². The lowest BCUT2D eigenvalue weighted by Crippen LogP contribution is -2.39. The summed E-state index contributed by atoms with van der Waals surface area (Å²) in [6.07, 6.45) is -3.36. The Balaban J connectivity index is 1.36. The minimum Gasteiger partial charge on any atom is -0.497 e. The third kappa shape index (κ3) is 6.01. The second-order valence-corrected chi connectivity index (χ2v) is 11.3. The first-order chi connectivity index (χ1) is 22.8. The predicted octanol–water partition coefficient (Wildman–Crippen LogP) is 3.48. The van der Waals surface area contributed by atoms with E-state index in [9.17, 15) is 10.2 Å². The van der Waals surface area contributed by atoms with Crippen LogP contribution in [0.3, 0.4) is 0 Å². The molecule has 0 radical (unpaired) electrons. The van der Waals surface area contributed by atoms with Crippen LogP contribution < -0.4 is 9.47 Å². The van der Waals surface area contributed by atoms with Gasteiger partial charge in [-0.1, -0.05) is 59.8 Å². The largest absolute Gasteiger partial charge is 0.497 e. The van der Waals surface area contributed by atoms with Crippen LogP contribution in [-0.2, 0) is 15.1 Å². The number of methoxy groups -OCH3 is 2. The Morgan fingerprint density at radius 3 is 2.04 bits per heavy atom. The fourth-order valence-electron chi connectivity index (χ4n) is 5.61. The zero-order valence-corrected chi connectivity index (χ0v) is 26.8. The maximum Gasteiger partial charge on any atom is 0.187 e. The Kier molecular flexibility index (Phi) is 9.14. The molecule has 47 heavy (non-hydrogen) atoms. The van der Waals surface area contributed by atoms with E-state index in [0.717, 1.165) is 16.7 Å². The lowest BCUT2D eigenvalue weighted by atomic mass is 9.80. The number of hydrogen-bond donors (Lipinski definition) is 2. The van der Waals surface area contributed by atoms with Gasteiger partial charge < -0.3 is 34.1 Å². The Labute approximate surface area is 272 Å². The van der Waals surface area contributed by atoms with Gasteiger partial charge in [-0.15, -0.1) is 5.10 Å². The molecule has 13 nitrogen and oxygen atoms in total. The third-order valence-electron chi connectivity index (χ3n) is 8.37. The number of aliphatic hydroxyl groups excluding tert-OH is 2. The van der Waals surface area contributed by atoms with E-state index in [1.807, 2.05) is 105 Å². The predicted molar refractivity (Wildman–Crippen MR) is 174 cm³/mol. The molecule has 3 heterocycles. The molecule has 5 aromatic rings. The van der Waals surface area contributed by atoms with Crippen molar-refractivity contribution in [2.45, 2.75) is 37.1 Å². The van der Waals surface area contributed by atoms with Gasteiger partial charge in [0.05, 0.1) is 20.8 Å². The molecule has 0 amide bonds. The summed E-state index contributed by atoms with van der Waals surface area (Å²) in [7, 11) is 6.97. The molecular formula is C34H37N7O6. The first-order valence-electron chi connectivity index (χ1n) is 15.1. The molecule has 0 spiro atoms. The molecule has 0 bridgehead atoms. The van der Waals surface area contributed by atoms with Crippen LogP contribution in [0.2, 0.25) is 0 Å². The van der Waals surface area contributed by atoms with Gasteiger partial charge in [-0.3, -0.25) is 0 Å². The molecule has 4 atom stereocenters. The summed E-state index contributed by atoms with van der Waals surface area (Å²) >= 11 is 0. The van der Waals surface area contributed by atoms with E-state index >= 15 is 0 Å². The molecule has 1 fully saturated rings. The number of nitrogens with zero attached hydrogens (tertiary/aromatic N) is 7. The molecular weight excluding hydrogens is 602 g/mol. The van der Waals surface area contributed by atoms with E-state index in [2.05, 4.69) is 25.3 Å².